The zero-order chi connectivity index (χ0) is 18.2. The molecular formula is C17H18F3NO4. The van der Waals surface area contributed by atoms with E-state index in [0.29, 0.717) is 31.4 Å². The lowest BCUT2D eigenvalue weighted by Crippen LogP contribution is -2.43. The Hall–Kier alpha value is -2.25. The Morgan fingerprint density at radius 1 is 1.24 bits per heavy atom. The lowest BCUT2D eigenvalue weighted by atomic mass is 9.97. The van der Waals surface area contributed by atoms with Gasteiger partial charge in [-0.05, 0) is 36.8 Å². The van der Waals surface area contributed by atoms with Crippen molar-refractivity contribution in [1.29, 1.82) is 0 Å². The fraction of sp³-hybridized carbons (Fsp3) is 0.529. The van der Waals surface area contributed by atoms with Gasteiger partial charge in [0, 0.05) is 19.0 Å². The van der Waals surface area contributed by atoms with E-state index in [9.17, 15) is 22.8 Å². The van der Waals surface area contributed by atoms with Gasteiger partial charge < -0.3 is 14.7 Å². The highest BCUT2D eigenvalue weighted by Gasteiger charge is 2.48. The van der Waals surface area contributed by atoms with Crippen molar-refractivity contribution in [2.75, 3.05) is 13.1 Å². The smallest absolute Gasteiger partial charge is 0.481 e. The summed E-state index contributed by atoms with van der Waals surface area (Å²) < 4.78 is 41.6. The summed E-state index contributed by atoms with van der Waals surface area (Å²) >= 11 is 0. The van der Waals surface area contributed by atoms with Crippen LogP contribution in [0.25, 0.3) is 0 Å². The number of amides is 1. The highest BCUT2D eigenvalue weighted by molar-refractivity contribution is 5.84. The molecule has 1 saturated heterocycles. The molecule has 0 aromatic heterocycles. The molecule has 1 heterocycles. The van der Waals surface area contributed by atoms with Gasteiger partial charge in [0.1, 0.15) is 5.75 Å². The minimum Gasteiger partial charge on any atom is -0.481 e. The number of hydrogen-bond acceptors (Lipinski definition) is 3. The van der Waals surface area contributed by atoms with Gasteiger partial charge in [-0.2, -0.15) is 0 Å². The van der Waals surface area contributed by atoms with Gasteiger partial charge in [-0.1, -0.05) is 18.2 Å². The Morgan fingerprint density at radius 2 is 1.96 bits per heavy atom. The molecule has 3 atom stereocenters. The van der Waals surface area contributed by atoms with Crippen LogP contribution < -0.4 is 4.74 Å². The Morgan fingerprint density at radius 3 is 2.64 bits per heavy atom. The van der Waals surface area contributed by atoms with E-state index in [-0.39, 0.29) is 24.1 Å². The second-order valence-electron chi connectivity index (χ2n) is 6.50. The maximum Gasteiger partial charge on any atom is 0.573 e. The van der Waals surface area contributed by atoms with Crippen LogP contribution in [0.1, 0.15) is 30.7 Å². The first kappa shape index (κ1) is 17.6. The number of carboxylic acid groups (broad SMARTS) is 1. The molecule has 1 aliphatic heterocycles. The van der Waals surface area contributed by atoms with Crippen LogP contribution in [0.5, 0.6) is 5.75 Å². The summed E-state index contributed by atoms with van der Waals surface area (Å²) in [5.74, 6) is -2.69. The topological polar surface area (TPSA) is 66.8 Å². The summed E-state index contributed by atoms with van der Waals surface area (Å²) in [6.07, 6.45) is -3.18. The average Bonchev–Trinajstić information content (AvgIpc) is 3.33. The number of likely N-dealkylation sites (tertiary alicyclic amines) is 1. The predicted molar refractivity (Wildman–Crippen MR) is 80.9 cm³/mol. The first-order valence-corrected chi connectivity index (χ1v) is 8.12. The summed E-state index contributed by atoms with van der Waals surface area (Å²) in [5.41, 5.74) is 0.366. The van der Waals surface area contributed by atoms with Crippen molar-refractivity contribution in [2.24, 2.45) is 11.8 Å². The number of alkyl halides is 3. The van der Waals surface area contributed by atoms with Gasteiger partial charge in [0.25, 0.3) is 0 Å². The quantitative estimate of drug-likeness (QED) is 0.900. The van der Waals surface area contributed by atoms with Gasteiger partial charge >= 0.3 is 12.3 Å². The van der Waals surface area contributed by atoms with E-state index in [2.05, 4.69) is 4.74 Å². The van der Waals surface area contributed by atoms with E-state index in [1.165, 1.54) is 23.1 Å². The lowest BCUT2D eigenvalue weighted by molar-refractivity contribution is -0.274. The van der Waals surface area contributed by atoms with Crippen LogP contribution in [-0.2, 0) is 9.59 Å². The van der Waals surface area contributed by atoms with E-state index < -0.39 is 24.2 Å². The molecule has 1 saturated carbocycles. The lowest BCUT2D eigenvalue weighted by Gasteiger charge is -2.31. The number of piperidine rings is 1. The number of aliphatic carboxylic acids is 1. The van der Waals surface area contributed by atoms with Crippen LogP contribution in [-0.4, -0.2) is 41.3 Å². The summed E-state index contributed by atoms with van der Waals surface area (Å²) in [6.45, 7) is 0.657. The van der Waals surface area contributed by atoms with Crippen LogP contribution in [0.2, 0.25) is 0 Å². The number of ether oxygens (including phenoxy) is 1. The molecule has 0 bridgehead atoms. The molecule has 2 fully saturated rings. The molecule has 0 spiro atoms. The minimum atomic E-state index is -4.79. The maximum absolute atomic E-state index is 12.6. The number of carbonyl (C=O) groups excluding carboxylic acids is 1. The third-order valence-corrected chi connectivity index (χ3v) is 4.73. The van der Waals surface area contributed by atoms with Crippen molar-refractivity contribution in [3.05, 3.63) is 29.8 Å². The number of carbonyl (C=O) groups is 2. The first-order chi connectivity index (χ1) is 11.8. The number of benzene rings is 1. The highest BCUT2D eigenvalue weighted by Crippen LogP contribution is 2.52. The van der Waals surface area contributed by atoms with Crippen LogP contribution in [0.3, 0.4) is 0 Å². The van der Waals surface area contributed by atoms with Crippen molar-refractivity contribution in [2.45, 2.75) is 31.5 Å². The first-order valence-electron chi connectivity index (χ1n) is 8.12. The standard InChI is InChI=1S/C17H18F3NO4/c18-17(19,20)25-14-6-2-1-5-11(14)12-8-13(12)15(22)21-7-3-4-10(9-21)16(23)24/h1-2,5-6,10,12-13H,3-4,7-9H2,(H,23,24)/t10-,12-,13+/m1/s1. The number of nitrogens with zero attached hydrogens (tertiary/aromatic N) is 1. The molecule has 1 amide bonds. The van der Waals surface area contributed by atoms with Gasteiger partial charge in [-0.25, -0.2) is 0 Å². The normalized spacial score (nSPS) is 26.2. The summed E-state index contributed by atoms with van der Waals surface area (Å²) in [6, 6.07) is 5.84. The van der Waals surface area contributed by atoms with E-state index in [1.807, 2.05) is 0 Å². The van der Waals surface area contributed by atoms with Gasteiger partial charge in [0.05, 0.1) is 5.92 Å². The molecule has 0 unspecified atom stereocenters. The van der Waals surface area contributed by atoms with E-state index in [4.69, 9.17) is 5.11 Å². The van der Waals surface area contributed by atoms with Gasteiger partial charge in [-0.15, -0.1) is 13.2 Å². The van der Waals surface area contributed by atoms with Crippen LogP contribution >= 0.6 is 0 Å². The molecule has 2 aliphatic rings. The SMILES string of the molecule is O=C(O)[C@@H]1CCCN(C(=O)[C@H]2C[C@@H]2c2ccccc2OC(F)(F)F)C1. The zero-order valence-electron chi connectivity index (χ0n) is 13.3. The minimum absolute atomic E-state index is 0.165. The zero-order valence-corrected chi connectivity index (χ0v) is 13.3. The van der Waals surface area contributed by atoms with Crippen molar-refractivity contribution < 1.29 is 32.6 Å². The molecule has 136 valence electrons. The molecular weight excluding hydrogens is 339 g/mol. The fourth-order valence-corrected chi connectivity index (χ4v) is 3.43. The van der Waals surface area contributed by atoms with Crippen molar-refractivity contribution in [3.8, 4) is 5.75 Å². The van der Waals surface area contributed by atoms with Crippen molar-refractivity contribution >= 4 is 11.9 Å². The number of halogens is 3. The second kappa shape index (κ2) is 6.57. The van der Waals surface area contributed by atoms with Gasteiger partial charge in [0.2, 0.25) is 5.91 Å². The van der Waals surface area contributed by atoms with E-state index in [0.717, 1.165) is 0 Å². The van der Waals surface area contributed by atoms with Gasteiger partial charge in [-0.3, -0.25) is 9.59 Å². The second-order valence-corrected chi connectivity index (χ2v) is 6.50. The Balaban J connectivity index is 1.68. The molecule has 3 rings (SSSR count). The molecule has 1 aromatic rings. The molecule has 25 heavy (non-hydrogen) atoms. The van der Waals surface area contributed by atoms with Crippen molar-refractivity contribution in [1.82, 2.24) is 4.90 Å². The maximum atomic E-state index is 12.6. The van der Waals surface area contributed by atoms with Crippen LogP contribution in [0, 0.1) is 11.8 Å². The largest absolute Gasteiger partial charge is 0.573 e. The summed E-state index contributed by atoms with van der Waals surface area (Å²) in [7, 11) is 0. The molecule has 0 radical (unpaired) electrons. The third-order valence-electron chi connectivity index (χ3n) is 4.73. The molecule has 8 heteroatoms. The Kier molecular flexibility index (Phi) is 4.62. The molecule has 1 N–H and O–H groups in total. The molecule has 5 nitrogen and oxygen atoms in total. The van der Waals surface area contributed by atoms with Crippen LogP contribution in [0.4, 0.5) is 13.2 Å². The summed E-state index contributed by atoms with van der Waals surface area (Å²) in [4.78, 5) is 25.2. The fourth-order valence-electron chi connectivity index (χ4n) is 3.43. The summed E-state index contributed by atoms with van der Waals surface area (Å²) in [5, 5.41) is 9.11. The molecule has 1 aliphatic carbocycles. The number of hydrogen-bond donors (Lipinski definition) is 1. The third kappa shape index (κ3) is 4.05. The van der Waals surface area contributed by atoms with Gasteiger partial charge in [0.15, 0.2) is 0 Å². The predicted octanol–water partition coefficient (Wildman–Crippen LogP) is 3.01. The molecule has 1 aromatic carbocycles. The monoisotopic (exact) mass is 357 g/mol. The number of rotatable bonds is 4. The average molecular weight is 357 g/mol. The number of para-hydroxylation sites is 1. The number of carboxylic acids is 1. The van der Waals surface area contributed by atoms with Crippen LogP contribution in [0.15, 0.2) is 24.3 Å². The highest BCUT2D eigenvalue weighted by atomic mass is 19.4. The van der Waals surface area contributed by atoms with E-state index in [1.54, 1.807) is 6.07 Å². The van der Waals surface area contributed by atoms with E-state index >= 15 is 0 Å². The Labute approximate surface area is 142 Å². The Bertz CT molecular complexity index is 676. The van der Waals surface area contributed by atoms with Crippen molar-refractivity contribution in [3.63, 3.8) is 0 Å².